The van der Waals surface area contributed by atoms with Crippen molar-refractivity contribution < 1.29 is 4.79 Å². The van der Waals surface area contributed by atoms with E-state index in [0.717, 1.165) is 17.1 Å². The molecule has 0 aliphatic carbocycles. The normalized spacial score (nSPS) is 10.5. The van der Waals surface area contributed by atoms with E-state index in [1.165, 1.54) is 11.3 Å². The molecule has 0 saturated heterocycles. The number of thioether (sulfide) groups is 1. The monoisotopic (exact) mass is 326 g/mol. The summed E-state index contributed by atoms with van der Waals surface area (Å²) in [5.74, 6) is 0.851. The minimum Gasteiger partial charge on any atom is -0.397 e. The van der Waals surface area contributed by atoms with Crippen molar-refractivity contribution in [3.63, 3.8) is 0 Å². The molecule has 1 aromatic heterocycles. The second-order valence-corrected chi connectivity index (χ2v) is 7.04. The summed E-state index contributed by atoms with van der Waals surface area (Å²) < 4.78 is 0.593. The summed E-state index contributed by atoms with van der Waals surface area (Å²) in [6, 6.07) is 9.09. The molecule has 1 amide bonds. The van der Waals surface area contributed by atoms with Gasteiger partial charge in [0.15, 0.2) is 0 Å². The number of nitrogens with two attached hydrogens (primary N) is 1. The molecular weight excluding hydrogens is 312 g/mol. The molecule has 2 aromatic rings. The first-order valence-electron chi connectivity index (χ1n) is 6.19. The Bertz CT molecular complexity index is 613. The van der Waals surface area contributed by atoms with Crippen molar-refractivity contribution in [3.8, 4) is 0 Å². The zero-order valence-electron chi connectivity index (χ0n) is 11.0. The lowest BCUT2D eigenvalue weighted by molar-refractivity contribution is 0.103. The number of thiophene rings is 1. The van der Waals surface area contributed by atoms with E-state index >= 15 is 0 Å². The summed E-state index contributed by atoms with van der Waals surface area (Å²) in [4.78, 5) is 13.8. The van der Waals surface area contributed by atoms with Gasteiger partial charge in [0.25, 0.3) is 5.91 Å². The van der Waals surface area contributed by atoms with Crippen LogP contribution in [-0.4, -0.2) is 11.7 Å². The predicted octanol–water partition coefficient (Wildman–Crippen LogP) is 4.74. The van der Waals surface area contributed by atoms with Gasteiger partial charge in [-0.1, -0.05) is 18.5 Å². The van der Waals surface area contributed by atoms with E-state index in [4.69, 9.17) is 17.3 Å². The number of rotatable bonds is 5. The zero-order valence-corrected chi connectivity index (χ0v) is 13.4. The van der Waals surface area contributed by atoms with E-state index in [1.807, 2.05) is 18.2 Å². The Morgan fingerprint density at radius 2 is 2.20 bits per heavy atom. The summed E-state index contributed by atoms with van der Waals surface area (Å²) in [5.41, 5.74) is 7.10. The van der Waals surface area contributed by atoms with Gasteiger partial charge in [-0.15, -0.1) is 23.1 Å². The number of nitrogens with one attached hydrogen (secondary N) is 1. The number of anilines is 2. The van der Waals surface area contributed by atoms with Gasteiger partial charge in [0.1, 0.15) is 0 Å². The lowest BCUT2D eigenvalue weighted by atomic mass is 10.2. The van der Waals surface area contributed by atoms with Crippen molar-refractivity contribution in [1.29, 1.82) is 0 Å². The number of benzene rings is 1. The number of carbonyl (C=O) groups excluding carboxylic acids is 1. The standard InChI is InChI=1S/C14H15ClN2OS2/c1-2-7-19-9-3-4-10(16)11(8-9)17-14(18)12-5-6-13(15)20-12/h3-6,8H,2,7,16H2,1H3,(H,17,18). The molecule has 0 aliphatic heterocycles. The summed E-state index contributed by atoms with van der Waals surface area (Å²) in [7, 11) is 0. The second kappa shape index (κ2) is 7.02. The molecule has 3 nitrogen and oxygen atoms in total. The van der Waals surface area contributed by atoms with Crippen LogP contribution in [0.3, 0.4) is 0 Å². The fourth-order valence-corrected chi connectivity index (χ4v) is 3.32. The van der Waals surface area contributed by atoms with Crippen LogP contribution in [0.4, 0.5) is 11.4 Å². The van der Waals surface area contributed by atoms with Gasteiger partial charge >= 0.3 is 0 Å². The molecule has 0 spiro atoms. The molecule has 0 bridgehead atoms. The number of amides is 1. The van der Waals surface area contributed by atoms with Gasteiger partial charge in [-0.2, -0.15) is 0 Å². The maximum Gasteiger partial charge on any atom is 0.265 e. The molecular formula is C14H15ClN2OS2. The van der Waals surface area contributed by atoms with Crippen molar-refractivity contribution in [1.82, 2.24) is 0 Å². The average molecular weight is 327 g/mol. The van der Waals surface area contributed by atoms with E-state index in [0.29, 0.717) is 20.6 Å². The lowest BCUT2D eigenvalue weighted by Gasteiger charge is -2.09. The minimum atomic E-state index is -0.189. The first kappa shape index (κ1) is 15.2. The van der Waals surface area contributed by atoms with Crippen molar-refractivity contribution in [2.24, 2.45) is 0 Å². The maximum atomic E-state index is 12.1. The highest BCUT2D eigenvalue weighted by atomic mass is 35.5. The van der Waals surface area contributed by atoms with Crippen LogP contribution >= 0.6 is 34.7 Å². The fourth-order valence-electron chi connectivity index (χ4n) is 1.57. The second-order valence-electron chi connectivity index (χ2n) is 4.16. The van der Waals surface area contributed by atoms with Crippen LogP contribution in [0.2, 0.25) is 4.34 Å². The molecule has 106 valence electrons. The molecule has 0 atom stereocenters. The third-order valence-electron chi connectivity index (χ3n) is 2.54. The molecule has 0 unspecified atom stereocenters. The number of halogens is 1. The summed E-state index contributed by atoms with van der Waals surface area (Å²) in [6.45, 7) is 2.13. The first-order valence-corrected chi connectivity index (χ1v) is 8.37. The van der Waals surface area contributed by atoms with Crippen LogP contribution in [0.5, 0.6) is 0 Å². The van der Waals surface area contributed by atoms with Crippen LogP contribution in [0.25, 0.3) is 0 Å². The van der Waals surface area contributed by atoms with E-state index in [1.54, 1.807) is 23.9 Å². The number of hydrogen-bond donors (Lipinski definition) is 2. The molecule has 0 radical (unpaired) electrons. The smallest absolute Gasteiger partial charge is 0.265 e. The van der Waals surface area contributed by atoms with Crippen LogP contribution in [-0.2, 0) is 0 Å². The fraction of sp³-hybridized carbons (Fsp3) is 0.214. The minimum absolute atomic E-state index is 0.189. The Balaban J connectivity index is 2.13. The van der Waals surface area contributed by atoms with Gasteiger partial charge in [-0.05, 0) is 42.5 Å². The molecule has 0 aliphatic rings. The highest BCUT2D eigenvalue weighted by molar-refractivity contribution is 7.99. The molecule has 3 N–H and O–H groups in total. The molecule has 1 aromatic carbocycles. The summed E-state index contributed by atoms with van der Waals surface area (Å²) in [5, 5.41) is 2.83. The van der Waals surface area contributed by atoms with Crippen molar-refractivity contribution in [3.05, 3.63) is 39.5 Å². The third kappa shape index (κ3) is 3.91. The quantitative estimate of drug-likeness (QED) is 0.616. The predicted molar refractivity (Wildman–Crippen MR) is 89.2 cm³/mol. The van der Waals surface area contributed by atoms with Crippen molar-refractivity contribution in [2.75, 3.05) is 16.8 Å². The Labute approximate surface area is 131 Å². The van der Waals surface area contributed by atoms with Crippen LogP contribution in [0.1, 0.15) is 23.0 Å². The highest BCUT2D eigenvalue weighted by Gasteiger charge is 2.11. The Hall–Kier alpha value is -1.17. The van der Waals surface area contributed by atoms with Gasteiger partial charge in [-0.3, -0.25) is 4.79 Å². The van der Waals surface area contributed by atoms with Crippen LogP contribution in [0.15, 0.2) is 35.2 Å². The van der Waals surface area contributed by atoms with Gasteiger partial charge in [0.2, 0.25) is 0 Å². The Kier molecular flexibility index (Phi) is 5.34. The number of nitrogen functional groups attached to an aromatic ring is 1. The zero-order chi connectivity index (χ0) is 14.5. The van der Waals surface area contributed by atoms with E-state index < -0.39 is 0 Å². The van der Waals surface area contributed by atoms with Gasteiger partial charge < -0.3 is 11.1 Å². The maximum absolute atomic E-state index is 12.1. The molecule has 0 saturated carbocycles. The molecule has 1 heterocycles. The van der Waals surface area contributed by atoms with Crippen molar-refractivity contribution >= 4 is 52.0 Å². The highest BCUT2D eigenvalue weighted by Crippen LogP contribution is 2.28. The number of hydrogen-bond acceptors (Lipinski definition) is 4. The lowest BCUT2D eigenvalue weighted by Crippen LogP contribution is -2.11. The molecule has 2 rings (SSSR count). The van der Waals surface area contributed by atoms with E-state index in [-0.39, 0.29) is 5.91 Å². The Morgan fingerprint density at radius 3 is 2.85 bits per heavy atom. The number of carbonyl (C=O) groups is 1. The van der Waals surface area contributed by atoms with Crippen molar-refractivity contribution in [2.45, 2.75) is 18.2 Å². The summed E-state index contributed by atoms with van der Waals surface area (Å²) in [6.07, 6.45) is 1.10. The van der Waals surface area contributed by atoms with E-state index in [9.17, 15) is 4.79 Å². The molecule has 20 heavy (non-hydrogen) atoms. The SMILES string of the molecule is CCCSc1ccc(N)c(NC(=O)c2ccc(Cl)s2)c1. The van der Waals surface area contributed by atoms with Gasteiger partial charge in [-0.25, -0.2) is 0 Å². The molecule has 0 fully saturated rings. The first-order chi connectivity index (χ1) is 9.60. The Morgan fingerprint density at radius 1 is 1.40 bits per heavy atom. The third-order valence-corrected chi connectivity index (χ3v) is 4.97. The van der Waals surface area contributed by atoms with E-state index in [2.05, 4.69) is 12.2 Å². The molecule has 6 heteroatoms. The van der Waals surface area contributed by atoms with Crippen LogP contribution < -0.4 is 11.1 Å². The van der Waals surface area contributed by atoms with Gasteiger partial charge in [0.05, 0.1) is 20.6 Å². The van der Waals surface area contributed by atoms with Gasteiger partial charge in [0, 0.05) is 4.90 Å². The van der Waals surface area contributed by atoms with Crippen LogP contribution in [0, 0.1) is 0 Å². The topological polar surface area (TPSA) is 55.1 Å². The largest absolute Gasteiger partial charge is 0.397 e. The summed E-state index contributed by atoms with van der Waals surface area (Å²) >= 11 is 8.82. The average Bonchev–Trinajstić information content (AvgIpc) is 2.86.